The summed E-state index contributed by atoms with van der Waals surface area (Å²) >= 11 is 11.8. The molecule has 124 valence electrons. The van der Waals surface area contributed by atoms with Crippen molar-refractivity contribution in [2.24, 2.45) is 0 Å². The van der Waals surface area contributed by atoms with Crippen molar-refractivity contribution in [2.75, 3.05) is 4.90 Å². The highest BCUT2D eigenvalue weighted by Gasteiger charge is 2.48. The SMILES string of the molecule is CCc1ccc2c(c1)[C@H]1C[C@](C)(O2)N(c2cccc(Cl)c2)C(=S)N1. The second-order valence-corrected chi connectivity index (χ2v) is 7.35. The van der Waals surface area contributed by atoms with Crippen molar-refractivity contribution in [3.8, 4) is 5.75 Å². The number of benzene rings is 2. The van der Waals surface area contributed by atoms with Crippen LogP contribution in [0.3, 0.4) is 0 Å². The van der Waals surface area contributed by atoms with E-state index in [2.05, 4.69) is 37.4 Å². The first-order chi connectivity index (χ1) is 11.5. The molecule has 0 saturated carbocycles. The first kappa shape index (κ1) is 15.7. The van der Waals surface area contributed by atoms with E-state index in [4.69, 9.17) is 28.6 Å². The monoisotopic (exact) mass is 358 g/mol. The summed E-state index contributed by atoms with van der Waals surface area (Å²) in [5.74, 6) is 0.924. The second kappa shape index (κ2) is 5.64. The van der Waals surface area contributed by atoms with Crippen molar-refractivity contribution in [3.05, 3.63) is 58.6 Å². The highest BCUT2D eigenvalue weighted by atomic mass is 35.5. The fourth-order valence-electron chi connectivity index (χ4n) is 3.65. The maximum absolute atomic E-state index is 6.42. The van der Waals surface area contributed by atoms with Crippen molar-refractivity contribution in [1.82, 2.24) is 5.32 Å². The Hall–Kier alpha value is -1.78. The van der Waals surface area contributed by atoms with E-state index in [1.807, 2.05) is 29.2 Å². The Morgan fingerprint density at radius 2 is 2.17 bits per heavy atom. The number of halogens is 1. The van der Waals surface area contributed by atoms with E-state index in [0.29, 0.717) is 10.1 Å². The van der Waals surface area contributed by atoms with Gasteiger partial charge in [-0.05, 0) is 55.4 Å². The van der Waals surface area contributed by atoms with Crippen molar-refractivity contribution in [3.63, 3.8) is 0 Å². The number of rotatable bonds is 2. The van der Waals surface area contributed by atoms with Gasteiger partial charge in [-0.25, -0.2) is 0 Å². The predicted octanol–water partition coefficient (Wildman–Crippen LogP) is 4.84. The van der Waals surface area contributed by atoms with E-state index in [1.54, 1.807) is 0 Å². The van der Waals surface area contributed by atoms with Crippen molar-refractivity contribution in [1.29, 1.82) is 0 Å². The zero-order chi connectivity index (χ0) is 16.9. The summed E-state index contributed by atoms with van der Waals surface area (Å²) < 4.78 is 6.42. The molecule has 0 radical (unpaired) electrons. The Labute approximate surface area is 152 Å². The summed E-state index contributed by atoms with van der Waals surface area (Å²) in [5, 5.41) is 4.84. The molecular formula is C19H19ClN2OS. The molecule has 0 spiro atoms. The van der Waals surface area contributed by atoms with Gasteiger partial charge in [0.2, 0.25) is 0 Å². The molecule has 2 aliphatic rings. The van der Waals surface area contributed by atoms with Crippen LogP contribution in [0.4, 0.5) is 5.69 Å². The molecule has 2 atom stereocenters. The van der Waals surface area contributed by atoms with E-state index in [9.17, 15) is 0 Å². The van der Waals surface area contributed by atoms with Gasteiger partial charge in [0.25, 0.3) is 0 Å². The largest absolute Gasteiger partial charge is 0.467 e. The van der Waals surface area contributed by atoms with Crippen LogP contribution in [-0.4, -0.2) is 10.8 Å². The number of hydrogen-bond donors (Lipinski definition) is 1. The zero-order valence-corrected chi connectivity index (χ0v) is 15.2. The highest BCUT2D eigenvalue weighted by molar-refractivity contribution is 7.80. The Morgan fingerprint density at radius 3 is 2.92 bits per heavy atom. The van der Waals surface area contributed by atoms with Gasteiger partial charge in [-0.15, -0.1) is 0 Å². The van der Waals surface area contributed by atoms with Crippen molar-refractivity contribution in [2.45, 2.75) is 38.5 Å². The van der Waals surface area contributed by atoms with Crippen LogP contribution in [0.25, 0.3) is 0 Å². The summed E-state index contributed by atoms with van der Waals surface area (Å²) in [5.41, 5.74) is 2.92. The number of ether oxygens (including phenoxy) is 1. The molecule has 0 amide bonds. The fourth-order valence-corrected chi connectivity index (χ4v) is 4.28. The second-order valence-electron chi connectivity index (χ2n) is 6.52. The van der Waals surface area contributed by atoms with Crippen molar-refractivity contribution >= 4 is 34.6 Å². The third kappa shape index (κ3) is 2.45. The third-order valence-corrected chi connectivity index (χ3v) is 5.35. The lowest BCUT2D eigenvalue weighted by molar-refractivity contribution is 0.0497. The van der Waals surface area contributed by atoms with Gasteiger partial charge < -0.3 is 10.1 Å². The minimum absolute atomic E-state index is 0.174. The molecule has 1 saturated heterocycles. The van der Waals surface area contributed by atoms with E-state index in [-0.39, 0.29) is 6.04 Å². The van der Waals surface area contributed by atoms with E-state index < -0.39 is 5.72 Å². The highest BCUT2D eigenvalue weighted by Crippen LogP contribution is 2.46. The van der Waals surface area contributed by atoms with Crippen LogP contribution in [0.1, 0.15) is 37.4 Å². The van der Waals surface area contributed by atoms with Crippen LogP contribution >= 0.6 is 23.8 Å². The number of anilines is 1. The first-order valence-corrected chi connectivity index (χ1v) is 8.97. The minimum Gasteiger partial charge on any atom is -0.467 e. The van der Waals surface area contributed by atoms with Crippen LogP contribution in [0.15, 0.2) is 42.5 Å². The number of thiocarbonyl (C=S) groups is 1. The quantitative estimate of drug-likeness (QED) is 0.776. The van der Waals surface area contributed by atoms with Crippen LogP contribution in [0, 0.1) is 0 Å². The summed E-state index contributed by atoms with van der Waals surface area (Å²) in [6, 6.07) is 14.3. The lowest BCUT2D eigenvalue weighted by Gasteiger charge is -2.52. The van der Waals surface area contributed by atoms with Gasteiger partial charge in [-0.1, -0.05) is 36.7 Å². The average Bonchev–Trinajstić information content (AvgIpc) is 2.54. The number of nitrogens with zero attached hydrogens (tertiary/aromatic N) is 1. The number of aryl methyl sites for hydroxylation is 1. The summed E-state index contributed by atoms with van der Waals surface area (Å²) in [4.78, 5) is 2.03. The smallest absolute Gasteiger partial charge is 0.188 e. The first-order valence-electron chi connectivity index (χ1n) is 8.18. The zero-order valence-electron chi connectivity index (χ0n) is 13.7. The van der Waals surface area contributed by atoms with Gasteiger partial charge >= 0.3 is 0 Å². The molecule has 2 aromatic carbocycles. The van der Waals surface area contributed by atoms with Gasteiger partial charge in [0.1, 0.15) is 5.75 Å². The Bertz CT molecular complexity index is 825. The molecule has 2 aliphatic heterocycles. The average molecular weight is 359 g/mol. The van der Waals surface area contributed by atoms with Crippen molar-refractivity contribution < 1.29 is 4.74 Å². The van der Waals surface area contributed by atoms with Crippen LogP contribution < -0.4 is 15.0 Å². The Morgan fingerprint density at radius 1 is 1.33 bits per heavy atom. The Balaban J connectivity index is 1.78. The molecule has 2 heterocycles. The fraction of sp³-hybridized carbons (Fsp3) is 0.316. The van der Waals surface area contributed by atoms with Gasteiger partial charge in [-0.2, -0.15) is 0 Å². The maximum atomic E-state index is 6.42. The molecule has 0 aromatic heterocycles. The summed E-state index contributed by atoms with van der Waals surface area (Å²) in [6.07, 6.45) is 1.83. The molecule has 5 heteroatoms. The van der Waals surface area contributed by atoms with E-state index in [0.717, 1.165) is 24.3 Å². The third-order valence-electron chi connectivity index (χ3n) is 4.81. The molecule has 1 fully saturated rings. The van der Waals surface area contributed by atoms with E-state index in [1.165, 1.54) is 11.1 Å². The lowest BCUT2D eigenvalue weighted by Crippen LogP contribution is -2.65. The predicted molar refractivity (Wildman–Crippen MR) is 102 cm³/mol. The van der Waals surface area contributed by atoms with Crippen LogP contribution in [0.2, 0.25) is 5.02 Å². The molecule has 24 heavy (non-hydrogen) atoms. The molecular weight excluding hydrogens is 340 g/mol. The molecule has 4 rings (SSSR count). The molecule has 0 aliphatic carbocycles. The van der Waals surface area contributed by atoms with Crippen LogP contribution in [0.5, 0.6) is 5.75 Å². The minimum atomic E-state index is -0.529. The maximum Gasteiger partial charge on any atom is 0.188 e. The van der Waals surface area contributed by atoms with Gasteiger partial charge in [0, 0.05) is 22.7 Å². The molecule has 3 nitrogen and oxygen atoms in total. The lowest BCUT2D eigenvalue weighted by atomic mass is 9.89. The standard InChI is InChI=1S/C19H19ClN2OS/c1-3-12-7-8-17-15(9-12)16-11-19(2,23-17)22(18(24)21-16)14-6-4-5-13(20)10-14/h4-10,16H,3,11H2,1-2H3,(H,21,24)/t16-,19+/m1/s1. The number of hydrogen-bond acceptors (Lipinski definition) is 2. The van der Waals surface area contributed by atoms with Gasteiger partial charge in [-0.3, -0.25) is 4.90 Å². The molecule has 0 unspecified atom stereocenters. The number of nitrogens with one attached hydrogen (secondary N) is 1. The topological polar surface area (TPSA) is 24.5 Å². The Kier molecular flexibility index (Phi) is 3.70. The van der Waals surface area contributed by atoms with Gasteiger partial charge in [0.15, 0.2) is 10.8 Å². The normalized spacial score (nSPS) is 24.9. The van der Waals surface area contributed by atoms with Gasteiger partial charge in [0.05, 0.1) is 6.04 Å². The molecule has 1 N–H and O–H groups in total. The molecule has 2 aromatic rings. The molecule has 2 bridgehead atoms. The number of fused-ring (bicyclic) bond motifs is 4. The summed E-state index contributed by atoms with van der Waals surface area (Å²) in [6.45, 7) is 4.25. The van der Waals surface area contributed by atoms with Crippen LogP contribution in [-0.2, 0) is 6.42 Å². The summed E-state index contributed by atoms with van der Waals surface area (Å²) in [7, 11) is 0. The van der Waals surface area contributed by atoms with E-state index >= 15 is 0 Å².